The molecular formula is C29H21N5O2. The van der Waals surface area contributed by atoms with Gasteiger partial charge in [-0.05, 0) is 36.8 Å². The molecule has 6 rings (SSSR count). The molecule has 3 aromatic carbocycles. The van der Waals surface area contributed by atoms with Crippen molar-refractivity contribution < 1.29 is 4.79 Å². The van der Waals surface area contributed by atoms with Gasteiger partial charge in [-0.15, -0.1) is 0 Å². The normalized spacial score (nSPS) is 11.1. The summed E-state index contributed by atoms with van der Waals surface area (Å²) in [6, 6.07) is 29.7. The Morgan fingerprint density at radius 2 is 1.47 bits per heavy atom. The summed E-state index contributed by atoms with van der Waals surface area (Å²) in [6.07, 6.45) is 1.87. The number of carbonyl (C=O) groups is 1. The molecule has 7 heteroatoms. The van der Waals surface area contributed by atoms with E-state index in [-0.39, 0.29) is 11.3 Å². The summed E-state index contributed by atoms with van der Waals surface area (Å²) in [5, 5.41) is 8.46. The predicted octanol–water partition coefficient (Wildman–Crippen LogP) is 5.26. The number of pyridine rings is 1. The van der Waals surface area contributed by atoms with E-state index in [0.717, 1.165) is 16.8 Å². The van der Waals surface area contributed by atoms with E-state index in [1.54, 1.807) is 36.4 Å². The third kappa shape index (κ3) is 3.54. The largest absolute Gasteiger partial charge is 0.304 e. The molecule has 0 aliphatic carbocycles. The summed E-state index contributed by atoms with van der Waals surface area (Å²) in [7, 11) is 0. The minimum atomic E-state index is -0.434. The maximum atomic E-state index is 13.8. The molecule has 0 fully saturated rings. The van der Waals surface area contributed by atoms with E-state index in [1.807, 2.05) is 78.2 Å². The van der Waals surface area contributed by atoms with E-state index in [4.69, 9.17) is 4.98 Å². The molecule has 6 aromatic rings. The molecule has 0 saturated carbocycles. The second-order valence-corrected chi connectivity index (χ2v) is 8.46. The molecule has 0 aliphatic rings. The molecule has 1 N–H and O–H groups in total. The highest BCUT2D eigenvalue weighted by atomic mass is 16.2. The number of hydrogen-bond donors (Lipinski definition) is 1. The highest BCUT2D eigenvalue weighted by Gasteiger charge is 2.22. The first kappa shape index (κ1) is 21.5. The van der Waals surface area contributed by atoms with E-state index in [1.165, 1.54) is 4.68 Å². The Morgan fingerprint density at radius 3 is 2.22 bits per heavy atom. The van der Waals surface area contributed by atoms with Gasteiger partial charge in [-0.1, -0.05) is 72.8 Å². The topological polar surface area (TPSA) is 81.3 Å². The summed E-state index contributed by atoms with van der Waals surface area (Å²) in [5.74, 6) is 0.101. The molecule has 36 heavy (non-hydrogen) atoms. The Balaban J connectivity index is 1.54. The summed E-state index contributed by atoms with van der Waals surface area (Å²) < 4.78 is 3.14. The van der Waals surface area contributed by atoms with Crippen molar-refractivity contribution in [1.29, 1.82) is 0 Å². The van der Waals surface area contributed by atoms with Gasteiger partial charge in [-0.2, -0.15) is 9.78 Å². The van der Waals surface area contributed by atoms with Gasteiger partial charge in [0.1, 0.15) is 17.2 Å². The molecule has 0 bridgehead atoms. The molecule has 3 heterocycles. The molecule has 0 saturated heterocycles. The molecule has 1 amide bonds. The number of hydrogen-bond acceptors (Lipinski definition) is 4. The number of para-hydroxylation sites is 1. The first-order valence-electron chi connectivity index (χ1n) is 11.5. The lowest BCUT2D eigenvalue weighted by atomic mass is 10.1. The summed E-state index contributed by atoms with van der Waals surface area (Å²) in [5.41, 5.74) is 3.70. The quantitative estimate of drug-likeness (QED) is 0.380. The van der Waals surface area contributed by atoms with Crippen molar-refractivity contribution in [2.45, 2.75) is 6.92 Å². The van der Waals surface area contributed by atoms with Crippen LogP contribution in [0.2, 0.25) is 0 Å². The van der Waals surface area contributed by atoms with Crippen LogP contribution in [-0.4, -0.2) is 25.1 Å². The second kappa shape index (κ2) is 8.63. The summed E-state index contributed by atoms with van der Waals surface area (Å²) >= 11 is 0. The zero-order chi connectivity index (χ0) is 24.6. The van der Waals surface area contributed by atoms with E-state index in [9.17, 15) is 9.59 Å². The second-order valence-electron chi connectivity index (χ2n) is 8.46. The van der Waals surface area contributed by atoms with Gasteiger partial charge in [0.2, 0.25) is 0 Å². The summed E-state index contributed by atoms with van der Waals surface area (Å²) in [6.45, 7) is 1.98. The number of fused-ring (bicyclic) bond motifs is 2. The fourth-order valence-electron chi connectivity index (χ4n) is 4.39. The lowest BCUT2D eigenvalue weighted by molar-refractivity contribution is 0.102. The SMILES string of the molecule is Cc1cccn2c(NC(=O)c3nn(-c4ccccc4)c(=O)c4ccccc34)c(-c3ccccc3)nc12. The number of rotatable bonds is 4. The lowest BCUT2D eigenvalue weighted by Gasteiger charge is -2.12. The Bertz CT molecular complexity index is 1810. The van der Waals surface area contributed by atoms with Crippen LogP contribution < -0.4 is 10.9 Å². The van der Waals surface area contributed by atoms with Crippen LogP contribution in [0.15, 0.2) is 108 Å². The van der Waals surface area contributed by atoms with Crippen molar-refractivity contribution in [3.05, 3.63) is 125 Å². The van der Waals surface area contributed by atoms with Gasteiger partial charge in [-0.3, -0.25) is 14.0 Å². The minimum Gasteiger partial charge on any atom is -0.304 e. The maximum absolute atomic E-state index is 13.8. The van der Waals surface area contributed by atoms with Crippen molar-refractivity contribution in [3.63, 3.8) is 0 Å². The zero-order valence-electron chi connectivity index (χ0n) is 19.4. The van der Waals surface area contributed by atoms with Crippen molar-refractivity contribution in [3.8, 4) is 16.9 Å². The van der Waals surface area contributed by atoms with Crippen molar-refractivity contribution in [2.75, 3.05) is 5.32 Å². The number of carbonyl (C=O) groups excluding carboxylic acids is 1. The molecule has 0 atom stereocenters. The first-order valence-corrected chi connectivity index (χ1v) is 11.5. The van der Waals surface area contributed by atoms with Crippen LogP contribution in [0.1, 0.15) is 16.1 Å². The number of aromatic nitrogens is 4. The van der Waals surface area contributed by atoms with Crippen LogP contribution in [0.25, 0.3) is 33.4 Å². The number of amides is 1. The van der Waals surface area contributed by atoms with E-state index < -0.39 is 5.91 Å². The monoisotopic (exact) mass is 471 g/mol. The fraction of sp³-hybridized carbons (Fsp3) is 0.0345. The van der Waals surface area contributed by atoms with Crippen LogP contribution in [0.5, 0.6) is 0 Å². The molecular weight excluding hydrogens is 450 g/mol. The number of imidazole rings is 1. The molecule has 0 radical (unpaired) electrons. The van der Waals surface area contributed by atoms with Gasteiger partial charge in [-0.25, -0.2) is 4.98 Å². The first-order chi connectivity index (χ1) is 17.6. The molecule has 0 spiro atoms. The van der Waals surface area contributed by atoms with Crippen LogP contribution in [0.3, 0.4) is 0 Å². The smallest absolute Gasteiger partial charge is 0.279 e. The van der Waals surface area contributed by atoms with Gasteiger partial charge in [0.25, 0.3) is 11.5 Å². The Labute approximate surface area is 206 Å². The third-order valence-corrected chi connectivity index (χ3v) is 6.15. The Kier molecular flexibility index (Phi) is 5.15. The zero-order valence-corrected chi connectivity index (χ0v) is 19.4. The molecule has 0 unspecified atom stereocenters. The number of nitrogens with one attached hydrogen (secondary N) is 1. The predicted molar refractivity (Wildman–Crippen MR) is 141 cm³/mol. The number of anilines is 1. The van der Waals surface area contributed by atoms with Gasteiger partial charge in [0, 0.05) is 17.1 Å². The highest BCUT2D eigenvalue weighted by molar-refractivity contribution is 6.12. The van der Waals surface area contributed by atoms with Crippen LogP contribution in [0.4, 0.5) is 5.82 Å². The lowest BCUT2D eigenvalue weighted by Crippen LogP contribution is -2.26. The molecule has 0 aliphatic heterocycles. The van der Waals surface area contributed by atoms with Gasteiger partial charge in [0.05, 0.1) is 11.1 Å². The Morgan fingerprint density at radius 1 is 0.806 bits per heavy atom. The van der Waals surface area contributed by atoms with Crippen LogP contribution in [-0.2, 0) is 0 Å². The maximum Gasteiger partial charge on any atom is 0.279 e. The van der Waals surface area contributed by atoms with E-state index in [0.29, 0.717) is 28.0 Å². The molecule has 3 aromatic heterocycles. The average molecular weight is 472 g/mol. The molecule has 174 valence electrons. The van der Waals surface area contributed by atoms with Crippen molar-refractivity contribution >= 4 is 28.1 Å². The van der Waals surface area contributed by atoms with Crippen LogP contribution >= 0.6 is 0 Å². The third-order valence-electron chi connectivity index (χ3n) is 6.15. The number of aryl methyl sites for hydroxylation is 1. The van der Waals surface area contributed by atoms with E-state index in [2.05, 4.69) is 10.4 Å². The van der Waals surface area contributed by atoms with Crippen LogP contribution in [0, 0.1) is 6.92 Å². The summed E-state index contributed by atoms with van der Waals surface area (Å²) in [4.78, 5) is 31.9. The molecule has 7 nitrogen and oxygen atoms in total. The van der Waals surface area contributed by atoms with Gasteiger partial charge >= 0.3 is 0 Å². The van der Waals surface area contributed by atoms with Gasteiger partial charge < -0.3 is 5.32 Å². The fourth-order valence-corrected chi connectivity index (χ4v) is 4.39. The minimum absolute atomic E-state index is 0.149. The Hall–Kier alpha value is -5.04. The van der Waals surface area contributed by atoms with Crippen molar-refractivity contribution in [2.24, 2.45) is 0 Å². The van der Waals surface area contributed by atoms with E-state index >= 15 is 0 Å². The number of benzene rings is 3. The van der Waals surface area contributed by atoms with Gasteiger partial charge in [0.15, 0.2) is 5.69 Å². The standard InChI is InChI=1S/C29H21N5O2/c1-19-11-10-18-33-26(19)30-24(20-12-4-2-5-13-20)27(33)31-28(35)25-22-16-8-9-17-23(22)29(36)34(32-25)21-14-6-3-7-15-21/h2-18H,1H3,(H,31,35). The average Bonchev–Trinajstić information content (AvgIpc) is 3.29. The number of nitrogens with zero attached hydrogens (tertiary/aromatic N) is 4. The van der Waals surface area contributed by atoms with Crippen molar-refractivity contribution in [1.82, 2.24) is 19.2 Å². The highest BCUT2D eigenvalue weighted by Crippen LogP contribution is 2.30.